The van der Waals surface area contributed by atoms with E-state index in [2.05, 4.69) is 51.0 Å². The van der Waals surface area contributed by atoms with Crippen LogP contribution in [0.3, 0.4) is 0 Å². The number of benzene rings is 1. The first-order valence-corrected chi connectivity index (χ1v) is 10.0. The Morgan fingerprint density at radius 3 is 2.55 bits per heavy atom. The van der Waals surface area contributed by atoms with Gasteiger partial charge in [0, 0.05) is 61.9 Å². The van der Waals surface area contributed by atoms with Crippen molar-refractivity contribution in [1.82, 2.24) is 19.9 Å². The Labute approximate surface area is 172 Å². The molecule has 1 fully saturated rings. The molecular formula is C23H27N5O. The third kappa shape index (κ3) is 4.38. The third-order valence-corrected chi connectivity index (χ3v) is 5.52. The number of nitrogens with zero attached hydrogens (tertiary/aromatic N) is 5. The van der Waals surface area contributed by atoms with Gasteiger partial charge in [-0.2, -0.15) is 0 Å². The zero-order valence-corrected chi connectivity index (χ0v) is 17.2. The predicted octanol–water partition coefficient (Wildman–Crippen LogP) is 3.74. The Kier molecular flexibility index (Phi) is 5.71. The van der Waals surface area contributed by atoms with Gasteiger partial charge in [-0.15, -0.1) is 0 Å². The van der Waals surface area contributed by atoms with E-state index in [0.717, 1.165) is 54.8 Å². The van der Waals surface area contributed by atoms with E-state index in [9.17, 15) is 0 Å². The fraction of sp³-hybridized carbons (Fsp3) is 0.348. The molecule has 0 saturated carbocycles. The number of anilines is 1. The molecule has 0 spiro atoms. The van der Waals surface area contributed by atoms with E-state index in [1.54, 1.807) is 13.3 Å². The van der Waals surface area contributed by atoms with Crippen molar-refractivity contribution in [1.29, 1.82) is 0 Å². The summed E-state index contributed by atoms with van der Waals surface area (Å²) in [6, 6.07) is 14.7. The molecular weight excluding hydrogens is 362 g/mol. The molecule has 1 aliphatic heterocycles. The summed E-state index contributed by atoms with van der Waals surface area (Å²) in [5, 5.41) is 0. The van der Waals surface area contributed by atoms with Crippen LogP contribution in [0.2, 0.25) is 0 Å². The number of ether oxygens (including phenoxy) is 1. The molecule has 1 aromatic carbocycles. The molecule has 3 heterocycles. The van der Waals surface area contributed by atoms with Crippen LogP contribution >= 0.6 is 0 Å². The largest absolute Gasteiger partial charge is 0.497 e. The SMILES string of the molecule is COc1cccc(C(C)N2CCN(c3cc(C)nc(-c4cccnc4)n3)CC2)c1. The summed E-state index contributed by atoms with van der Waals surface area (Å²) in [6.45, 7) is 8.15. The normalized spacial score (nSPS) is 15.9. The first kappa shape index (κ1) is 19.3. The highest BCUT2D eigenvalue weighted by Crippen LogP contribution is 2.26. The lowest BCUT2D eigenvalue weighted by Crippen LogP contribution is -2.47. The molecule has 0 bridgehead atoms. The molecule has 1 atom stereocenters. The van der Waals surface area contributed by atoms with Crippen LogP contribution in [0, 0.1) is 6.92 Å². The van der Waals surface area contributed by atoms with E-state index in [1.807, 2.05) is 31.3 Å². The van der Waals surface area contributed by atoms with Gasteiger partial charge in [-0.05, 0) is 43.7 Å². The van der Waals surface area contributed by atoms with Crippen molar-refractivity contribution in [3.05, 3.63) is 66.1 Å². The van der Waals surface area contributed by atoms with Crippen LogP contribution < -0.4 is 9.64 Å². The summed E-state index contributed by atoms with van der Waals surface area (Å²) in [5.74, 6) is 2.64. The Balaban J connectivity index is 1.46. The molecule has 1 saturated heterocycles. The maximum absolute atomic E-state index is 5.38. The van der Waals surface area contributed by atoms with Gasteiger partial charge in [0.25, 0.3) is 0 Å². The van der Waals surface area contributed by atoms with Gasteiger partial charge in [0.05, 0.1) is 7.11 Å². The zero-order chi connectivity index (χ0) is 20.2. The molecule has 3 aromatic rings. The highest BCUT2D eigenvalue weighted by molar-refractivity contribution is 5.56. The van der Waals surface area contributed by atoms with Crippen LogP contribution in [0.1, 0.15) is 24.2 Å². The minimum atomic E-state index is 0.352. The third-order valence-electron chi connectivity index (χ3n) is 5.52. The fourth-order valence-corrected chi connectivity index (χ4v) is 3.79. The highest BCUT2D eigenvalue weighted by Gasteiger charge is 2.23. The topological polar surface area (TPSA) is 54.4 Å². The second-order valence-electron chi connectivity index (χ2n) is 7.41. The molecule has 150 valence electrons. The van der Waals surface area contributed by atoms with Crippen LogP contribution in [-0.4, -0.2) is 53.1 Å². The lowest BCUT2D eigenvalue weighted by atomic mass is 10.1. The van der Waals surface area contributed by atoms with E-state index >= 15 is 0 Å². The second-order valence-corrected chi connectivity index (χ2v) is 7.41. The maximum Gasteiger partial charge on any atom is 0.163 e. The van der Waals surface area contributed by atoms with Crippen LogP contribution in [-0.2, 0) is 0 Å². The van der Waals surface area contributed by atoms with Gasteiger partial charge in [0.15, 0.2) is 5.82 Å². The molecule has 1 aliphatic rings. The van der Waals surface area contributed by atoms with E-state index < -0.39 is 0 Å². The van der Waals surface area contributed by atoms with Crippen molar-refractivity contribution in [2.24, 2.45) is 0 Å². The van der Waals surface area contributed by atoms with Crippen molar-refractivity contribution >= 4 is 5.82 Å². The molecule has 4 rings (SSSR count). The molecule has 2 aromatic heterocycles. The molecule has 0 amide bonds. The van der Waals surface area contributed by atoms with Gasteiger partial charge < -0.3 is 9.64 Å². The van der Waals surface area contributed by atoms with E-state index in [4.69, 9.17) is 9.72 Å². The molecule has 0 aliphatic carbocycles. The van der Waals surface area contributed by atoms with Crippen molar-refractivity contribution in [2.45, 2.75) is 19.9 Å². The van der Waals surface area contributed by atoms with Crippen LogP contribution in [0.5, 0.6) is 5.75 Å². The monoisotopic (exact) mass is 389 g/mol. The Bertz CT molecular complexity index is 954. The summed E-state index contributed by atoms with van der Waals surface area (Å²) in [5.41, 5.74) is 3.21. The Morgan fingerprint density at radius 1 is 1.00 bits per heavy atom. The van der Waals surface area contributed by atoms with E-state index in [-0.39, 0.29) is 0 Å². The minimum absolute atomic E-state index is 0.352. The number of hydrogen-bond donors (Lipinski definition) is 0. The van der Waals surface area contributed by atoms with E-state index in [0.29, 0.717) is 6.04 Å². The lowest BCUT2D eigenvalue weighted by molar-refractivity contribution is 0.198. The smallest absolute Gasteiger partial charge is 0.163 e. The van der Waals surface area contributed by atoms with Gasteiger partial charge in [0.2, 0.25) is 0 Å². The summed E-state index contributed by atoms with van der Waals surface area (Å²) in [7, 11) is 1.71. The molecule has 1 unspecified atom stereocenters. The van der Waals surface area contributed by atoms with Crippen molar-refractivity contribution in [3.8, 4) is 17.1 Å². The number of aryl methyl sites for hydroxylation is 1. The van der Waals surface area contributed by atoms with Crippen molar-refractivity contribution in [2.75, 3.05) is 38.2 Å². The number of methoxy groups -OCH3 is 1. The standard InChI is InChI=1S/C23H27N5O/c1-17-14-22(26-23(25-17)20-7-5-9-24-16-20)28-12-10-27(11-13-28)18(2)19-6-4-8-21(15-19)29-3/h4-9,14-16,18H,10-13H2,1-3H3. The fourth-order valence-electron chi connectivity index (χ4n) is 3.79. The number of aromatic nitrogens is 3. The zero-order valence-electron chi connectivity index (χ0n) is 17.2. The summed E-state index contributed by atoms with van der Waals surface area (Å²) < 4.78 is 5.38. The highest BCUT2D eigenvalue weighted by atomic mass is 16.5. The quantitative estimate of drug-likeness (QED) is 0.663. The second kappa shape index (κ2) is 8.57. The number of pyridine rings is 1. The number of hydrogen-bond acceptors (Lipinski definition) is 6. The van der Waals surface area contributed by atoms with Gasteiger partial charge >= 0.3 is 0 Å². The summed E-state index contributed by atoms with van der Waals surface area (Å²) in [6.07, 6.45) is 3.58. The van der Waals surface area contributed by atoms with Crippen LogP contribution in [0.4, 0.5) is 5.82 Å². The average Bonchev–Trinajstić information content (AvgIpc) is 2.79. The summed E-state index contributed by atoms with van der Waals surface area (Å²) in [4.78, 5) is 18.5. The summed E-state index contributed by atoms with van der Waals surface area (Å²) >= 11 is 0. The predicted molar refractivity (Wildman–Crippen MR) is 115 cm³/mol. The minimum Gasteiger partial charge on any atom is -0.497 e. The van der Waals surface area contributed by atoms with Gasteiger partial charge in [-0.3, -0.25) is 9.88 Å². The number of piperazine rings is 1. The Morgan fingerprint density at radius 2 is 1.83 bits per heavy atom. The van der Waals surface area contributed by atoms with E-state index in [1.165, 1.54) is 5.56 Å². The van der Waals surface area contributed by atoms with Crippen LogP contribution in [0.15, 0.2) is 54.9 Å². The molecule has 6 heteroatoms. The van der Waals surface area contributed by atoms with Crippen LogP contribution in [0.25, 0.3) is 11.4 Å². The van der Waals surface area contributed by atoms with Gasteiger partial charge in [-0.25, -0.2) is 9.97 Å². The van der Waals surface area contributed by atoms with Gasteiger partial charge in [-0.1, -0.05) is 12.1 Å². The van der Waals surface area contributed by atoms with Crippen molar-refractivity contribution < 1.29 is 4.74 Å². The number of rotatable bonds is 5. The molecule has 29 heavy (non-hydrogen) atoms. The maximum atomic E-state index is 5.38. The van der Waals surface area contributed by atoms with Gasteiger partial charge in [0.1, 0.15) is 11.6 Å². The molecule has 0 N–H and O–H groups in total. The Hall–Kier alpha value is -2.99. The average molecular weight is 390 g/mol. The first-order valence-electron chi connectivity index (χ1n) is 10.0. The molecule has 0 radical (unpaired) electrons. The molecule has 6 nitrogen and oxygen atoms in total. The lowest BCUT2D eigenvalue weighted by Gasteiger charge is -2.39. The first-order chi connectivity index (χ1) is 14.1. The van der Waals surface area contributed by atoms with Crippen molar-refractivity contribution in [3.63, 3.8) is 0 Å².